The fourth-order valence-corrected chi connectivity index (χ4v) is 3.29. The van der Waals surface area contributed by atoms with Gasteiger partial charge in [0.05, 0.1) is 5.56 Å². The number of aliphatic carboxylic acids is 1. The summed E-state index contributed by atoms with van der Waals surface area (Å²) in [6, 6.07) is 8.79. The summed E-state index contributed by atoms with van der Waals surface area (Å²) in [5.74, 6) is -2.16. The Kier molecular flexibility index (Phi) is 10.5. The van der Waals surface area contributed by atoms with E-state index in [1.54, 1.807) is 31.2 Å². The van der Waals surface area contributed by atoms with Gasteiger partial charge in [-0.2, -0.15) is 13.2 Å². The fourth-order valence-electron chi connectivity index (χ4n) is 3.29. The Hall–Kier alpha value is -3.14. The minimum Gasteiger partial charge on any atom is -0.484 e. The van der Waals surface area contributed by atoms with Crippen molar-refractivity contribution in [2.75, 3.05) is 19.8 Å². The number of halogens is 4. The van der Waals surface area contributed by atoms with Crippen molar-refractivity contribution in [3.05, 3.63) is 65.0 Å². The van der Waals surface area contributed by atoms with Crippen LogP contribution in [0.3, 0.4) is 0 Å². The smallest absolute Gasteiger partial charge is 0.416 e. The molecule has 6 nitrogen and oxygen atoms in total. The van der Waals surface area contributed by atoms with E-state index in [4.69, 9.17) is 9.47 Å². The first-order valence-corrected chi connectivity index (χ1v) is 11.2. The number of rotatable bonds is 13. The third-order valence-corrected chi connectivity index (χ3v) is 5.23. The Morgan fingerprint density at radius 3 is 2.31 bits per heavy atom. The number of hydrogen-bond acceptors (Lipinski definition) is 4. The summed E-state index contributed by atoms with van der Waals surface area (Å²) < 4.78 is 63.4. The lowest BCUT2D eigenvalue weighted by Crippen LogP contribution is -2.35. The quantitative estimate of drug-likeness (QED) is 0.389. The summed E-state index contributed by atoms with van der Waals surface area (Å²) in [6.45, 7) is 3.66. The molecule has 2 aromatic carbocycles. The van der Waals surface area contributed by atoms with Crippen molar-refractivity contribution in [1.82, 2.24) is 4.90 Å². The first-order valence-electron chi connectivity index (χ1n) is 11.2. The SMILES string of the molecule is CCCCN(Cc1ccc(C(F)(F)F)cc1F)C(=O)COc1ccc(CC(OCC)C(=O)O)cc1. The molecule has 0 aliphatic heterocycles. The molecule has 0 aliphatic carbocycles. The lowest BCUT2D eigenvalue weighted by Gasteiger charge is -2.23. The number of hydrogen-bond donors (Lipinski definition) is 1. The molecule has 0 saturated carbocycles. The molecule has 2 rings (SSSR count). The molecule has 0 aromatic heterocycles. The topological polar surface area (TPSA) is 76.1 Å². The number of ether oxygens (including phenoxy) is 2. The van der Waals surface area contributed by atoms with Crippen LogP contribution >= 0.6 is 0 Å². The molecule has 35 heavy (non-hydrogen) atoms. The number of alkyl halides is 3. The van der Waals surface area contributed by atoms with E-state index in [-0.39, 0.29) is 31.7 Å². The van der Waals surface area contributed by atoms with Crippen LogP contribution in [-0.2, 0) is 33.5 Å². The van der Waals surface area contributed by atoms with Gasteiger partial charge in [0, 0.05) is 31.7 Å². The molecule has 1 amide bonds. The molecular formula is C25H29F4NO5. The van der Waals surface area contributed by atoms with E-state index in [2.05, 4.69) is 0 Å². The highest BCUT2D eigenvalue weighted by molar-refractivity contribution is 5.77. The summed E-state index contributed by atoms with van der Waals surface area (Å²) in [5, 5.41) is 9.19. The first-order chi connectivity index (χ1) is 16.5. The number of nitrogens with zero attached hydrogens (tertiary/aromatic N) is 1. The highest BCUT2D eigenvalue weighted by Crippen LogP contribution is 2.30. The molecule has 0 bridgehead atoms. The van der Waals surface area contributed by atoms with Gasteiger partial charge in [0.15, 0.2) is 12.7 Å². The molecule has 0 fully saturated rings. The number of benzene rings is 2. The molecule has 1 atom stereocenters. The number of carboxylic acid groups (broad SMARTS) is 1. The van der Waals surface area contributed by atoms with Gasteiger partial charge in [-0.15, -0.1) is 0 Å². The van der Waals surface area contributed by atoms with E-state index in [1.165, 1.54) is 4.90 Å². The van der Waals surface area contributed by atoms with Crippen LogP contribution in [0.15, 0.2) is 42.5 Å². The monoisotopic (exact) mass is 499 g/mol. The molecule has 0 saturated heterocycles. The second-order valence-corrected chi connectivity index (χ2v) is 7.89. The lowest BCUT2D eigenvalue weighted by atomic mass is 10.1. The van der Waals surface area contributed by atoms with Crippen LogP contribution in [0, 0.1) is 5.82 Å². The molecular weight excluding hydrogens is 470 g/mol. The third kappa shape index (κ3) is 8.86. The zero-order chi connectivity index (χ0) is 26.0. The van der Waals surface area contributed by atoms with Crippen LogP contribution in [0.2, 0.25) is 0 Å². The second-order valence-electron chi connectivity index (χ2n) is 7.89. The number of carbonyl (C=O) groups is 2. The molecule has 0 radical (unpaired) electrons. The average molecular weight is 500 g/mol. The van der Waals surface area contributed by atoms with Gasteiger partial charge in [-0.1, -0.05) is 31.5 Å². The van der Waals surface area contributed by atoms with E-state index in [0.29, 0.717) is 30.3 Å². The normalized spacial score (nSPS) is 12.3. The molecule has 0 spiro atoms. The Morgan fingerprint density at radius 1 is 1.09 bits per heavy atom. The van der Waals surface area contributed by atoms with Gasteiger partial charge >= 0.3 is 12.1 Å². The van der Waals surface area contributed by atoms with Crippen LogP contribution < -0.4 is 4.74 Å². The van der Waals surface area contributed by atoms with Crippen LogP contribution in [0.4, 0.5) is 17.6 Å². The van der Waals surface area contributed by atoms with E-state index < -0.39 is 35.5 Å². The van der Waals surface area contributed by atoms with E-state index in [9.17, 15) is 32.3 Å². The van der Waals surface area contributed by atoms with E-state index in [1.807, 2.05) is 6.92 Å². The highest BCUT2D eigenvalue weighted by atomic mass is 19.4. The molecule has 10 heteroatoms. The minimum atomic E-state index is -4.65. The maximum Gasteiger partial charge on any atom is 0.416 e. The van der Waals surface area contributed by atoms with Gasteiger partial charge in [0.2, 0.25) is 0 Å². The Morgan fingerprint density at radius 2 is 1.77 bits per heavy atom. The number of unbranched alkanes of at least 4 members (excludes halogenated alkanes) is 1. The van der Waals surface area contributed by atoms with Crippen molar-refractivity contribution in [3.8, 4) is 5.75 Å². The summed E-state index contributed by atoms with van der Waals surface area (Å²) in [5.41, 5.74) is -0.395. The Labute approximate surface area is 201 Å². The Balaban J connectivity index is 2.02. The van der Waals surface area contributed by atoms with Gasteiger partial charge in [0.25, 0.3) is 5.91 Å². The number of carboxylic acids is 1. The van der Waals surface area contributed by atoms with Crippen molar-refractivity contribution in [2.24, 2.45) is 0 Å². The third-order valence-electron chi connectivity index (χ3n) is 5.23. The average Bonchev–Trinajstić information content (AvgIpc) is 2.81. The highest BCUT2D eigenvalue weighted by Gasteiger charge is 2.31. The molecule has 1 unspecified atom stereocenters. The number of carbonyl (C=O) groups excluding carboxylic acids is 1. The van der Waals surface area contributed by atoms with Gasteiger partial charge in [-0.25, -0.2) is 9.18 Å². The maximum absolute atomic E-state index is 14.3. The Bertz CT molecular complexity index is 979. The van der Waals surface area contributed by atoms with Crippen molar-refractivity contribution in [3.63, 3.8) is 0 Å². The second kappa shape index (κ2) is 13.1. The van der Waals surface area contributed by atoms with Crippen LogP contribution in [0.5, 0.6) is 5.75 Å². The summed E-state index contributed by atoms with van der Waals surface area (Å²) >= 11 is 0. The van der Waals surface area contributed by atoms with Crippen molar-refractivity contribution in [2.45, 2.75) is 51.9 Å². The van der Waals surface area contributed by atoms with Crippen molar-refractivity contribution >= 4 is 11.9 Å². The summed E-state index contributed by atoms with van der Waals surface area (Å²) in [4.78, 5) is 25.3. The lowest BCUT2D eigenvalue weighted by molar-refractivity contribution is -0.150. The maximum atomic E-state index is 14.3. The van der Waals surface area contributed by atoms with Crippen LogP contribution in [-0.4, -0.2) is 47.7 Å². The standard InChI is InChI=1S/C25H29F4NO5/c1-3-5-12-30(15-18-8-9-19(14-21(18)26)25(27,28)29)23(31)16-35-20-10-6-17(7-11-20)13-22(24(32)33)34-4-2/h6-11,14,22H,3-5,12-13,15-16H2,1-2H3,(H,32,33). The van der Waals surface area contributed by atoms with E-state index >= 15 is 0 Å². The van der Waals surface area contributed by atoms with Gasteiger partial charge in [-0.3, -0.25) is 4.79 Å². The van der Waals surface area contributed by atoms with Gasteiger partial charge in [0.1, 0.15) is 11.6 Å². The largest absolute Gasteiger partial charge is 0.484 e. The zero-order valence-corrected chi connectivity index (χ0v) is 19.6. The summed E-state index contributed by atoms with van der Waals surface area (Å²) in [7, 11) is 0. The van der Waals surface area contributed by atoms with Crippen molar-refractivity contribution < 1.29 is 41.7 Å². The molecule has 0 aliphatic rings. The zero-order valence-electron chi connectivity index (χ0n) is 19.6. The van der Waals surface area contributed by atoms with Crippen molar-refractivity contribution in [1.29, 1.82) is 0 Å². The first kappa shape index (κ1) is 28.1. The molecule has 192 valence electrons. The van der Waals surface area contributed by atoms with Gasteiger partial charge < -0.3 is 19.5 Å². The fraction of sp³-hybridized carbons (Fsp3) is 0.440. The van der Waals surface area contributed by atoms with Crippen LogP contribution in [0.1, 0.15) is 43.4 Å². The minimum absolute atomic E-state index is 0.0194. The number of amides is 1. The van der Waals surface area contributed by atoms with Gasteiger partial charge in [-0.05, 0) is 43.2 Å². The summed E-state index contributed by atoms with van der Waals surface area (Å²) in [6.07, 6.45) is -4.05. The van der Waals surface area contributed by atoms with Crippen LogP contribution in [0.25, 0.3) is 0 Å². The predicted octanol–water partition coefficient (Wildman–Crippen LogP) is 5.08. The predicted molar refractivity (Wildman–Crippen MR) is 120 cm³/mol. The molecule has 0 heterocycles. The molecule has 1 N–H and O–H groups in total. The van der Waals surface area contributed by atoms with E-state index in [0.717, 1.165) is 18.6 Å². The molecule has 2 aromatic rings.